The Kier molecular flexibility index (Phi) is 5.57. The molecule has 0 bridgehead atoms. The molecule has 4 aromatic rings. The zero-order chi connectivity index (χ0) is 20.1. The molecule has 2 aromatic heterocycles. The van der Waals surface area contributed by atoms with Gasteiger partial charge in [-0.1, -0.05) is 30.0 Å². The molecule has 1 amide bonds. The van der Waals surface area contributed by atoms with E-state index in [-0.39, 0.29) is 11.7 Å². The first kappa shape index (κ1) is 18.8. The number of rotatable bonds is 6. The Morgan fingerprint density at radius 2 is 1.76 bits per heavy atom. The van der Waals surface area contributed by atoms with Gasteiger partial charge in [-0.2, -0.15) is 15.3 Å². The van der Waals surface area contributed by atoms with Crippen LogP contribution in [-0.2, 0) is 11.8 Å². The largest absolute Gasteiger partial charge is 0.325 e. The number of carbonyl (C=O) groups excluding carboxylic acids is 1. The predicted molar refractivity (Wildman–Crippen MR) is 113 cm³/mol. The van der Waals surface area contributed by atoms with Gasteiger partial charge in [-0.25, -0.2) is 9.97 Å². The molecule has 0 aliphatic carbocycles. The summed E-state index contributed by atoms with van der Waals surface area (Å²) in [5, 5.41) is 17.0. The highest BCUT2D eigenvalue weighted by Gasteiger charge is 2.10. The zero-order valence-electron chi connectivity index (χ0n) is 15.6. The van der Waals surface area contributed by atoms with Crippen molar-refractivity contribution in [1.29, 1.82) is 0 Å². The molecule has 0 spiro atoms. The molecule has 2 heterocycles. The fourth-order valence-electron chi connectivity index (χ4n) is 2.61. The number of nitrogens with one attached hydrogen (secondary N) is 1. The Labute approximate surface area is 171 Å². The van der Waals surface area contributed by atoms with Crippen molar-refractivity contribution in [2.75, 3.05) is 11.1 Å². The number of aryl methyl sites for hydroxylation is 1. The van der Waals surface area contributed by atoms with Crippen molar-refractivity contribution in [3.63, 3.8) is 0 Å². The molecule has 0 aliphatic heterocycles. The van der Waals surface area contributed by atoms with E-state index in [1.807, 2.05) is 37.4 Å². The molecule has 1 N–H and O–H groups in total. The van der Waals surface area contributed by atoms with Crippen LogP contribution >= 0.6 is 11.8 Å². The molecule has 0 unspecified atom stereocenters. The summed E-state index contributed by atoms with van der Waals surface area (Å²) in [6.07, 6.45) is 3.19. The van der Waals surface area contributed by atoms with Crippen LogP contribution in [0.1, 0.15) is 0 Å². The molecule has 0 aliphatic rings. The van der Waals surface area contributed by atoms with Crippen molar-refractivity contribution in [3.8, 4) is 0 Å². The third-order valence-electron chi connectivity index (χ3n) is 4.02. The maximum atomic E-state index is 12.3. The second-order valence-corrected chi connectivity index (χ2v) is 7.07. The number of amides is 1. The molecule has 0 radical (unpaired) electrons. The van der Waals surface area contributed by atoms with Crippen molar-refractivity contribution in [2.24, 2.45) is 17.3 Å². The number of aromatic nitrogens is 4. The molecule has 0 fully saturated rings. The second-order valence-electron chi connectivity index (χ2n) is 6.10. The van der Waals surface area contributed by atoms with Crippen LogP contribution in [0.3, 0.4) is 0 Å². The van der Waals surface area contributed by atoms with Crippen LogP contribution in [-0.4, -0.2) is 31.4 Å². The normalized spacial score (nSPS) is 11.2. The summed E-state index contributed by atoms with van der Waals surface area (Å²) in [6, 6.07) is 16.7. The fraction of sp³-hybridized carbons (Fsp3) is 0.100. The predicted octanol–water partition coefficient (Wildman–Crippen LogP) is 4.51. The first-order valence-corrected chi connectivity index (χ1v) is 9.80. The summed E-state index contributed by atoms with van der Waals surface area (Å²) in [5.41, 5.74) is 2.93. The number of hydrogen-bond acceptors (Lipinski definition) is 7. The summed E-state index contributed by atoms with van der Waals surface area (Å²) < 4.78 is 1.68. The summed E-state index contributed by atoms with van der Waals surface area (Å²) in [5.74, 6) is 0.112. The van der Waals surface area contributed by atoms with E-state index in [0.717, 1.165) is 21.7 Å². The van der Waals surface area contributed by atoms with Crippen LogP contribution in [0.4, 0.5) is 17.1 Å². The smallest absolute Gasteiger partial charge is 0.234 e. The fourth-order valence-corrected chi connectivity index (χ4v) is 3.37. The quantitative estimate of drug-likeness (QED) is 0.290. The maximum Gasteiger partial charge on any atom is 0.234 e. The van der Waals surface area contributed by atoms with E-state index in [1.54, 1.807) is 35.1 Å². The number of hydrogen-bond donors (Lipinski definition) is 1. The SMILES string of the molecule is Cn1ncc2c(SCC(=O)Nc3ccc(N=Nc4ccccc4)cc3)ncnc21. The zero-order valence-corrected chi connectivity index (χ0v) is 16.4. The number of fused-ring (bicyclic) bond motifs is 1. The number of carbonyl (C=O) groups is 1. The standard InChI is InChI=1S/C20H17N7OS/c1-27-19-17(11-23-27)20(22-13-21-19)29-12-18(28)24-14-7-9-16(10-8-14)26-25-15-5-3-2-4-6-15/h2-11,13H,12H2,1H3,(H,24,28). The molecule has 8 nitrogen and oxygen atoms in total. The van der Waals surface area contributed by atoms with Crippen molar-refractivity contribution in [2.45, 2.75) is 5.03 Å². The number of nitrogens with zero attached hydrogens (tertiary/aromatic N) is 6. The average molecular weight is 403 g/mol. The Morgan fingerprint density at radius 1 is 1.03 bits per heavy atom. The topological polar surface area (TPSA) is 97.4 Å². The van der Waals surface area contributed by atoms with E-state index >= 15 is 0 Å². The Balaban J connectivity index is 1.34. The van der Waals surface area contributed by atoms with Crippen LogP contribution in [0.5, 0.6) is 0 Å². The number of benzene rings is 2. The van der Waals surface area contributed by atoms with Gasteiger partial charge >= 0.3 is 0 Å². The monoisotopic (exact) mass is 403 g/mol. The van der Waals surface area contributed by atoms with Crippen LogP contribution in [0, 0.1) is 0 Å². The van der Waals surface area contributed by atoms with Crippen molar-refractivity contribution >= 4 is 45.8 Å². The van der Waals surface area contributed by atoms with Gasteiger partial charge in [-0.15, -0.1) is 0 Å². The van der Waals surface area contributed by atoms with E-state index in [9.17, 15) is 4.79 Å². The van der Waals surface area contributed by atoms with Crippen LogP contribution in [0.25, 0.3) is 11.0 Å². The summed E-state index contributed by atoms with van der Waals surface area (Å²) in [6.45, 7) is 0. The van der Waals surface area contributed by atoms with Crippen molar-refractivity contribution in [1.82, 2.24) is 19.7 Å². The summed E-state index contributed by atoms with van der Waals surface area (Å²) in [7, 11) is 1.82. The van der Waals surface area contributed by atoms with Gasteiger partial charge in [0.05, 0.1) is 28.7 Å². The lowest BCUT2D eigenvalue weighted by molar-refractivity contribution is -0.113. The van der Waals surface area contributed by atoms with Gasteiger partial charge < -0.3 is 5.32 Å². The van der Waals surface area contributed by atoms with Gasteiger partial charge in [0.2, 0.25) is 5.91 Å². The minimum atomic E-state index is -0.121. The second kappa shape index (κ2) is 8.61. The number of thioether (sulfide) groups is 1. The number of anilines is 1. The Bertz CT molecular complexity index is 1160. The first-order chi connectivity index (χ1) is 14.2. The molecule has 0 atom stereocenters. The molecule has 4 rings (SSSR count). The molecule has 0 saturated carbocycles. The lowest BCUT2D eigenvalue weighted by Gasteiger charge is -2.05. The van der Waals surface area contributed by atoms with Gasteiger partial charge in [0, 0.05) is 12.7 Å². The molecule has 2 aromatic carbocycles. The Morgan fingerprint density at radius 3 is 2.52 bits per heavy atom. The highest BCUT2D eigenvalue weighted by atomic mass is 32.2. The minimum absolute atomic E-state index is 0.121. The van der Waals surface area contributed by atoms with Crippen molar-refractivity contribution in [3.05, 3.63) is 67.1 Å². The molecule has 144 valence electrons. The molecule has 9 heteroatoms. The summed E-state index contributed by atoms with van der Waals surface area (Å²) >= 11 is 1.35. The highest BCUT2D eigenvalue weighted by Crippen LogP contribution is 2.24. The average Bonchev–Trinajstić information content (AvgIpc) is 3.14. The van der Waals surface area contributed by atoms with Gasteiger partial charge in [-0.3, -0.25) is 9.48 Å². The van der Waals surface area contributed by atoms with E-state index in [1.165, 1.54) is 18.1 Å². The lowest BCUT2D eigenvalue weighted by Crippen LogP contribution is -2.14. The van der Waals surface area contributed by atoms with E-state index in [2.05, 4.69) is 30.6 Å². The first-order valence-electron chi connectivity index (χ1n) is 8.81. The van der Waals surface area contributed by atoms with Crippen LogP contribution in [0.15, 0.2) is 82.4 Å². The summed E-state index contributed by atoms with van der Waals surface area (Å²) in [4.78, 5) is 20.7. The molecule has 0 saturated heterocycles. The molecular weight excluding hydrogens is 386 g/mol. The third-order valence-corrected chi connectivity index (χ3v) is 5.03. The minimum Gasteiger partial charge on any atom is -0.325 e. The Hall–Kier alpha value is -3.59. The van der Waals surface area contributed by atoms with Gasteiger partial charge in [0.25, 0.3) is 0 Å². The van der Waals surface area contributed by atoms with E-state index in [4.69, 9.17) is 0 Å². The van der Waals surface area contributed by atoms with E-state index in [0.29, 0.717) is 11.4 Å². The van der Waals surface area contributed by atoms with Gasteiger partial charge in [-0.05, 0) is 36.4 Å². The van der Waals surface area contributed by atoms with Crippen molar-refractivity contribution < 1.29 is 4.79 Å². The van der Waals surface area contributed by atoms with Crippen LogP contribution < -0.4 is 5.32 Å². The van der Waals surface area contributed by atoms with E-state index < -0.39 is 0 Å². The third kappa shape index (κ3) is 4.64. The van der Waals surface area contributed by atoms with Gasteiger partial charge in [0.15, 0.2) is 5.65 Å². The van der Waals surface area contributed by atoms with Gasteiger partial charge in [0.1, 0.15) is 11.4 Å². The van der Waals surface area contributed by atoms with Crippen LogP contribution in [0.2, 0.25) is 0 Å². The maximum absolute atomic E-state index is 12.3. The molecular formula is C20H17N7OS. The number of azo groups is 1. The highest BCUT2D eigenvalue weighted by molar-refractivity contribution is 8.00. The molecule has 29 heavy (non-hydrogen) atoms. The lowest BCUT2D eigenvalue weighted by atomic mass is 10.3.